The SMILES string of the molecule is CCNC(=NCC1CCc2nnc(C)n2C1)N1CCS(=O)(=O)C(C)(C)C1. The Bertz CT molecular complexity index is 783. The zero-order chi connectivity index (χ0) is 18.9. The molecule has 3 heterocycles. The van der Waals surface area contributed by atoms with Crippen LogP contribution in [0.25, 0.3) is 0 Å². The third-order valence-corrected chi connectivity index (χ3v) is 7.94. The lowest BCUT2D eigenvalue weighted by Gasteiger charge is -2.39. The Morgan fingerprint density at radius 3 is 2.85 bits per heavy atom. The summed E-state index contributed by atoms with van der Waals surface area (Å²) in [6.45, 7) is 11.0. The van der Waals surface area contributed by atoms with Crippen molar-refractivity contribution in [3.05, 3.63) is 11.6 Å². The molecule has 0 amide bonds. The van der Waals surface area contributed by atoms with Crippen LogP contribution in [0.15, 0.2) is 4.99 Å². The molecule has 1 atom stereocenters. The molecule has 9 heteroatoms. The predicted octanol–water partition coefficient (Wildman–Crippen LogP) is 0.623. The van der Waals surface area contributed by atoms with Crippen molar-refractivity contribution in [1.29, 1.82) is 0 Å². The quantitative estimate of drug-likeness (QED) is 0.609. The minimum atomic E-state index is -3.05. The van der Waals surface area contributed by atoms with Crippen molar-refractivity contribution in [3.8, 4) is 0 Å². The van der Waals surface area contributed by atoms with Crippen LogP contribution in [0.4, 0.5) is 0 Å². The van der Waals surface area contributed by atoms with E-state index in [-0.39, 0.29) is 5.75 Å². The number of hydrogen-bond acceptors (Lipinski definition) is 5. The number of nitrogens with zero attached hydrogens (tertiary/aromatic N) is 5. The molecule has 0 bridgehead atoms. The van der Waals surface area contributed by atoms with E-state index >= 15 is 0 Å². The molecule has 1 N–H and O–H groups in total. The molecule has 0 spiro atoms. The average molecular weight is 383 g/mol. The second-order valence-electron chi connectivity index (χ2n) is 7.87. The fourth-order valence-electron chi connectivity index (χ4n) is 3.64. The Labute approximate surface area is 156 Å². The zero-order valence-corrected chi connectivity index (χ0v) is 17.0. The van der Waals surface area contributed by atoms with E-state index in [0.29, 0.717) is 19.0 Å². The molecule has 1 aromatic rings. The first-order valence-corrected chi connectivity index (χ1v) is 11.0. The molecule has 1 fully saturated rings. The number of aliphatic imine (C=N–C) groups is 1. The number of guanidine groups is 1. The van der Waals surface area contributed by atoms with E-state index in [9.17, 15) is 8.42 Å². The van der Waals surface area contributed by atoms with E-state index in [1.54, 1.807) is 13.8 Å². The lowest BCUT2D eigenvalue weighted by Crippen LogP contribution is -2.57. The normalized spacial score (nSPS) is 25.0. The van der Waals surface area contributed by atoms with Gasteiger partial charge in [0.15, 0.2) is 15.8 Å². The maximum absolute atomic E-state index is 12.3. The van der Waals surface area contributed by atoms with Gasteiger partial charge in [0, 0.05) is 39.1 Å². The monoisotopic (exact) mass is 382 g/mol. The summed E-state index contributed by atoms with van der Waals surface area (Å²) in [4.78, 5) is 6.93. The van der Waals surface area contributed by atoms with Crippen LogP contribution in [0.3, 0.4) is 0 Å². The van der Waals surface area contributed by atoms with Crippen LogP contribution in [0.1, 0.15) is 38.8 Å². The third kappa shape index (κ3) is 3.72. The summed E-state index contributed by atoms with van der Waals surface area (Å²) in [5, 5.41) is 11.7. The van der Waals surface area contributed by atoms with Gasteiger partial charge in [-0.2, -0.15) is 0 Å². The Hall–Kier alpha value is -1.64. The van der Waals surface area contributed by atoms with Crippen LogP contribution in [-0.2, 0) is 22.8 Å². The molecule has 1 saturated heterocycles. The smallest absolute Gasteiger partial charge is 0.194 e. The average Bonchev–Trinajstić information content (AvgIpc) is 2.95. The first-order chi connectivity index (χ1) is 12.2. The van der Waals surface area contributed by atoms with Crippen molar-refractivity contribution in [3.63, 3.8) is 0 Å². The number of sulfone groups is 1. The first kappa shape index (κ1) is 19.1. The molecule has 8 nitrogen and oxygen atoms in total. The highest BCUT2D eigenvalue weighted by Gasteiger charge is 2.41. The molecule has 0 saturated carbocycles. The third-order valence-electron chi connectivity index (χ3n) is 5.41. The number of hydrogen-bond donors (Lipinski definition) is 1. The van der Waals surface area contributed by atoms with Crippen molar-refractivity contribution >= 4 is 15.8 Å². The first-order valence-electron chi connectivity index (χ1n) is 9.38. The van der Waals surface area contributed by atoms with E-state index < -0.39 is 14.6 Å². The highest BCUT2D eigenvalue weighted by Crippen LogP contribution is 2.24. The van der Waals surface area contributed by atoms with Crippen LogP contribution >= 0.6 is 0 Å². The summed E-state index contributed by atoms with van der Waals surface area (Å²) in [5.41, 5.74) is 0. The number of aromatic nitrogens is 3. The summed E-state index contributed by atoms with van der Waals surface area (Å²) >= 11 is 0. The topological polar surface area (TPSA) is 92.5 Å². The molecule has 26 heavy (non-hydrogen) atoms. The molecule has 2 aliphatic rings. The van der Waals surface area contributed by atoms with Crippen molar-refractivity contribution in [2.45, 2.75) is 51.8 Å². The number of nitrogens with one attached hydrogen (secondary N) is 1. The molecule has 0 aliphatic carbocycles. The lowest BCUT2D eigenvalue weighted by molar-refractivity contribution is 0.344. The van der Waals surface area contributed by atoms with E-state index in [1.165, 1.54) is 0 Å². The Morgan fingerprint density at radius 1 is 1.38 bits per heavy atom. The van der Waals surface area contributed by atoms with E-state index in [4.69, 9.17) is 4.99 Å². The van der Waals surface area contributed by atoms with Gasteiger partial charge in [0.25, 0.3) is 0 Å². The summed E-state index contributed by atoms with van der Waals surface area (Å²) in [6.07, 6.45) is 1.99. The number of rotatable bonds is 3. The van der Waals surface area contributed by atoms with E-state index in [1.807, 2.05) is 13.8 Å². The van der Waals surface area contributed by atoms with Crippen molar-refractivity contribution in [2.24, 2.45) is 10.9 Å². The second-order valence-corrected chi connectivity index (χ2v) is 10.6. The minimum absolute atomic E-state index is 0.178. The van der Waals surface area contributed by atoms with Gasteiger partial charge in [-0.05, 0) is 40.0 Å². The van der Waals surface area contributed by atoms with Gasteiger partial charge >= 0.3 is 0 Å². The number of fused-ring (bicyclic) bond motifs is 1. The summed E-state index contributed by atoms with van der Waals surface area (Å²) < 4.78 is 26.0. The second kappa shape index (κ2) is 7.17. The molecular weight excluding hydrogens is 352 g/mol. The van der Waals surface area contributed by atoms with Crippen molar-refractivity contribution in [1.82, 2.24) is 25.0 Å². The highest BCUT2D eigenvalue weighted by molar-refractivity contribution is 7.92. The van der Waals surface area contributed by atoms with Gasteiger partial charge in [-0.15, -0.1) is 10.2 Å². The van der Waals surface area contributed by atoms with Crippen LogP contribution in [-0.4, -0.2) is 70.7 Å². The Balaban J connectivity index is 1.69. The molecule has 1 aromatic heterocycles. The summed E-state index contributed by atoms with van der Waals surface area (Å²) in [6, 6.07) is 0. The molecule has 1 unspecified atom stereocenters. The van der Waals surface area contributed by atoms with Crippen LogP contribution in [0, 0.1) is 12.8 Å². The Kier molecular flexibility index (Phi) is 5.28. The number of aryl methyl sites for hydroxylation is 2. The van der Waals surface area contributed by atoms with Crippen molar-refractivity contribution in [2.75, 3.05) is 31.9 Å². The van der Waals surface area contributed by atoms with E-state index in [0.717, 1.165) is 50.1 Å². The predicted molar refractivity (Wildman–Crippen MR) is 102 cm³/mol. The van der Waals surface area contributed by atoms with Gasteiger partial charge in [0.1, 0.15) is 11.6 Å². The van der Waals surface area contributed by atoms with E-state index in [2.05, 4.69) is 25.0 Å². The van der Waals surface area contributed by atoms with Crippen LogP contribution in [0.5, 0.6) is 0 Å². The van der Waals surface area contributed by atoms with Gasteiger partial charge < -0.3 is 14.8 Å². The highest BCUT2D eigenvalue weighted by atomic mass is 32.2. The van der Waals surface area contributed by atoms with Gasteiger partial charge in [-0.3, -0.25) is 4.99 Å². The summed E-state index contributed by atoms with van der Waals surface area (Å²) in [7, 11) is -3.05. The van der Waals surface area contributed by atoms with Crippen LogP contribution in [0.2, 0.25) is 0 Å². The molecular formula is C17H30N6O2S. The van der Waals surface area contributed by atoms with Crippen molar-refractivity contribution < 1.29 is 8.42 Å². The Morgan fingerprint density at radius 2 is 2.15 bits per heavy atom. The standard InChI is InChI=1S/C17H30N6O2S/c1-5-18-16(22-8-9-26(24,25)17(3,4)12-22)19-10-14-6-7-15-21-20-13(2)23(15)11-14/h14H,5-12H2,1-4H3,(H,18,19). The van der Waals surface area contributed by atoms with Crippen LogP contribution < -0.4 is 5.32 Å². The summed E-state index contributed by atoms with van der Waals surface area (Å²) in [5.74, 6) is 3.48. The zero-order valence-electron chi connectivity index (χ0n) is 16.2. The van der Waals surface area contributed by atoms with Gasteiger partial charge in [-0.1, -0.05) is 0 Å². The fraction of sp³-hybridized carbons (Fsp3) is 0.824. The maximum atomic E-state index is 12.3. The minimum Gasteiger partial charge on any atom is -0.357 e. The molecule has 146 valence electrons. The largest absolute Gasteiger partial charge is 0.357 e. The molecule has 0 aromatic carbocycles. The molecule has 3 rings (SSSR count). The molecule has 2 aliphatic heterocycles. The van der Waals surface area contributed by atoms with Gasteiger partial charge in [0.2, 0.25) is 0 Å². The maximum Gasteiger partial charge on any atom is 0.194 e. The van der Waals surface area contributed by atoms with Gasteiger partial charge in [-0.25, -0.2) is 8.42 Å². The van der Waals surface area contributed by atoms with Gasteiger partial charge in [0.05, 0.1) is 10.5 Å². The lowest BCUT2D eigenvalue weighted by atomic mass is 9.99. The fourth-order valence-corrected chi connectivity index (χ4v) is 5.01. The molecule has 0 radical (unpaired) electrons.